The molecule has 1 aliphatic rings. The van der Waals surface area contributed by atoms with E-state index in [2.05, 4.69) is 0 Å². The molecule has 27 heavy (non-hydrogen) atoms. The van der Waals surface area contributed by atoms with Crippen molar-refractivity contribution in [2.24, 2.45) is 0 Å². The number of rotatable bonds is 5. The van der Waals surface area contributed by atoms with Crippen LogP contribution in [0.15, 0.2) is 48.0 Å². The van der Waals surface area contributed by atoms with Gasteiger partial charge in [-0.2, -0.15) is 0 Å². The molecule has 0 spiro atoms. The lowest BCUT2D eigenvalue weighted by atomic mass is 9.92. The van der Waals surface area contributed by atoms with Crippen molar-refractivity contribution in [3.63, 3.8) is 0 Å². The van der Waals surface area contributed by atoms with Crippen LogP contribution < -0.4 is 4.74 Å². The van der Waals surface area contributed by atoms with E-state index in [0.717, 1.165) is 22.3 Å². The van der Waals surface area contributed by atoms with E-state index in [0.29, 0.717) is 28.9 Å². The van der Waals surface area contributed by atoms with Crippen molar-refractivity contribution < 1.29 is 9.53 Å². The number of carbonyl (C=O) groups is 1. The molecule has 0 fully saturated rings. The molecule has 1 heterocycles. The van der Waals surface area contributed by atoms with Crippen LogP contribution in [0.4, 0.5) is 0 Å². The summed E-state index contributed by atoms with van der Waals surface area (Å²) in [5, 5.41) is 0.902. The van der Waals surface area contributed by atoms with Crippen LogP contribution >= 0.6 is 23.2 Å². The first-order chi connectivity index (χ1) is 12.8. The summed E-state index contributed by atoms with van der Waals surface area (Å²) in [6.07, 6.45) is 0. The molecule has 0 saturated heterocycles. The van der Waals surface area contributed by atoms with Gasteiger partial charge >= 0.3 is 0 Å². The van der Waals surface area contributed by atoms with Gasteiger partial charge in [-0.3, -0.25) is 4.79 Å². The highest BCUT2D eigenvalue weighted by molar-refractivity contribution is 6.37. The van der Waals surface area contributed by atoms with E-state index in [1.165, 1.54) is 0 Å². The summed E-state index contributed by atoms with van der Waals surface area (Å²) in [4.78, 5) is 15.1. The highest BCUT2D eigenvalue weighted by Crippen LogP contribution is 2.42. The van der Waals surface area contributed by atoms with Crippen LogP contribution in [-0.4, -0.2) is 24.0 Å². The summed E-state index contributed by atoms with van der Waals surface area (Å²) < 4.78 is 5.52. The van der Waals surface area contributed by atoms with Gasteiger partial charge in [0.2, 0.25) is 0 Å². The molecule has 3 nitrogen and oxygen atoms in total. The molecule has 0 aliphatic carbocycles. The number of amides is 1. The fourth-order valence-corrected chi connectivity index (χ4v) is 4.08. The van der Waals surface area contributed by atoms with E-state index in [-0.39, 0.29) is 5.91 Å². The molecular weight excluding hydrogens is 381 g/mol. The van der Waals surface area contributed by atoms with Gasteiger partial charge < -0.3 is 9.64 Å². The Morgan fingerprint density at radius 3 is 2.26 bits per heavy atom. The minimum absolute atomic E-state index is 0.0184. The molecule has 0 unspecified atom stereocenters. The van der Waals surface area contributed by atoms with Crippen LogP contribution in [0, 0.1) is 0 Å². The van der Waals surface area contributed by atoms with E-state index in [9.17, 15) is 4.79 Å². The molecule has 1 aliphatic heterocycles. The normalized spacial score (nSPS) is 14.9. The zero-order valence-electron chi connectivity index (χ0n) is 16.0. The average molecular weight is 404 g/mol. The van der Waals surface area contributed by atoms with Crippen LogP contribution in [0.2, 0.25) is 10.0 Å². The summed E-state index contributed by atoms with van der Waals surface area (Å²) in [5.41, 5.74) is 3.07. The van der Waals surface area contributed by atoms with Crippen molar-refractivity contribution in [1.82, 2.24) is 4.90 Å². The molecule has 142 valence electrons. The molecule has 0 N–H and O–H groups in total. The molecule has 2 aromatic carbocycles. The van der Waals surface area contributed by atoms with Crippen LogP contribution in [0.3, 0.4) is 0 Å². The van der Waals surface area contributed by atoms with E-state index in [4.69, 9.17) is 27.9 Å². The Morgan fingerprint density at radius 2 is 1.70 bits per heavy atom. The number of ether oxygens (including phenoxy) is 1. The van der Waals surface area contributed by atoms with Gasteiger partial charge in [0.25, 0.3) is 5.91 Å². The zero-order chi connectivity index (χ0) is 19.8. The quantitative estimate of drug-likeness (QED) is 0.617. The Bertz CT molecular complexity index is 881. The highest BCUT2D eigenvalue weighted by atomic mass is 35.5. The monoisotopic (exact) mass is 403 g/mol. The second-order valence-corrected chi connectivity index (χ2v) is 7.99. The van der Waals surface area contributed by atoms with Crippen LogP contribution in [0.5, 0.6) is 5.75 Å². The third kappa shape index (κ3) is 3.59. The third-order valence-electron chi connectivity index (χ3n) is 5.01. The largest absolute Gasteiger partial charge is 0.491 e. The summed E-state index contributed by atoms with van der Waals surface area (Å²) >= 11 is 12.8. The van der Waals surface area contributed by atoms with Crippen LogP contribution in [0.1, 0.15) is 38.8 Å². The van der Waals surface area contributed by atoms with Crippen molar-refractivity contribution in [3.05, 3.63) is 69.2 Å². The number of nitrogens with zero attached hydrogens (tertiary/aromatic N) is 1. The van der Waals surface area contributed by atoms with Crippen molar-refractivity contribution in [1.29, 1.82) is 0 Å². The molecule has 0 radical (unpaired) electrons. The second-order valence-electron chi connectivity index (χ2n) is 7.17. The Labute approximate surface area is 170 Å². The lowest BCUT2D eigenvalue weighted by Crippen LogP contribution is -2.43. The van der Waals surface area contributed by atoms with Crippen molar-refractivity contribution in [3.8, 4) is 5.75 Å². The van der Waals surface area contributed by atoms with Gasteiger partial charge in [0.15, 0.2) is 5.75 Å². The first-order valence-electron chi connectivity index (χ1n) is 8.96. The van der Waals surface area contributed by atoms with E-state index < -0.39 is 5.54 Å². The van der Waals surface area contributed by atoms with E-state index >= 15 is 0 Å². The molecule has 0 saturated carbocycles. The predicted octanol–water partition coefficient (Wildman–Crippen LogP) is 5.94. The smallest absolute Gasteiger partial charge is 0.255 e. The average Bonchev–Trinajstić information content (AvgIpc) is 2.93. The molecule has 0 atom stereocenters. The SMILES string of the molecule is CCOc1c(Cl)cc(C(C)(C)N2CC(C)=C(c3ccccc3)C2=O)cc1Cl. The summed E-state index contributed by atoms with van der Waals surface area (Å²) in [6.45, 7) is 8.96. The van der Waals surface area contributed by atoms with E-state index in [1.54, 1.807) is 0 Å². The summed E-state index contributed by atoms with van der Waals surface area (Å²) in [6, 6.07) is 13.5. The zero-order valence-corrected chi connectivity index (χ0v) is 17.5. The maximum absolute atomic E-state index is 13.3. The van der Waals surface area contributed by atoms with Gasteiger partial charge in [-0.05, 0) is 56.5 Å². The Kier molecular flexibility index (Phi) is 5.55. The minimum atomic E-state index is -0.576. The molecule has 2 aromatic rings. The minimum Gasteiger partial charge on any atom is -0.491 e. The molecule has 1 amide bonds. The van der Waals surface area contributed by atoms with Crippen LogP contribution in [0.25, 0.3) is 5.57 Å². The topological polar surface area (TPSA) is 29.5 Å². The second kappa shape index (κ2) is 7.57. The van der Waals surface area contributed by atoms with Crippen LogP contribution in [-0.2, 0) is 10.3 Å². The lowest BCUT2D eigenvalue weighted by molar-refractivity contribution is -0.128. The Morgan fingerprint density at radius 1 is 1.11 bits per heavy atom. The number of hydrogen-bond donors (Lipinski definition) is 0. The van der Waals surface area contributed by atoms with Gasteiger partial charge in [-0.25, -0.2) is 0 Å². The first kappa shape index (κ1) is 19.8. The lowest BCUT2D eigenvalue weighted by Gasteiger charge is -2.37. The molecule has 0 bridgehead atoms. The number of carbonyl (C=O) groups excluding carboxylic acids is 1. The predicted molar refractivity (Wildman–Crippen MR) is 111 cm³/mol. The first-order valence-corrected chi connectivity index (χ1v) is 9.72. The maximum Gasteiger partial charge on any atom is 0.255 e. The maximum atomic E-state index is 13.3. The van der Waals surface area contributed by atoms with Gasteiger partial charge in [0, 0.05) is 12.1 Å². The fraction of sp³-hybridized carbons (Fsp3) is 0.318. The number of benzene rings is 2. The van der Waals surface area contributed by atoms with Crippen molar-refractivity contribution >= 4 is 34.7 Å². The number of hydrogen-bond acceptors (Lipinski definition) is 2. The molecular formula is C22H23Cl2NO2. The van der Waals surface area contributed by atoms with Gasteiger partial charge in [0.05, 0.1) is 22.2 Å². The summed E-state index contributed by atoms with van der Waals surface area (Å²) in [5.74, 6) is 0.497. The van der Waals surface area contributed by atoms with Gasteiger partial charge in [0.1, 0.15) is 0 Å². The van der Waals surface area contributed by atoms with Gasteiger partial charge in [-0.1, -0.05) is 53.5 Å². The van der Waals surface area contributed by atoms with Gasteiger partial charge in [-0.15, -0.1) is 0 Å². The van der Waals surface area contributed by atoms with Crippen molar-refractivity contribution in [2.75, 3.05) is 13.2 Å². The standard InChI is InChI=1S/C22H23Cl2NO2/c1-5-27-20-17(23)11-16(12-18(20)24)22(3,4)25-13-14(2)19(21(25)26)15-9-7-6-8-10-15/h6-12H,5,13H2,1-4H3. The molecule has 0 aromatic heterocycles. The van der Waals surface area contributed by atoms with Crippen molar-refractivity contribution in [2.45, 2.75) is 33.2 Å². The fourth-order valence-electron chi connectivity index (χ4n) is 3.48. The molecule has 5 heteroatoms. The van der Waals surface area contributed by atoms with E-state index in [1.807, 2.05) is 75.1 Å². The summed E-state index contributed by atoms with van der Waals surface area (Å²) in [7, 11) is 0. The third-order valence-corrected chi connectivity index (χ3v) is 5.57. The number of halogens is 2. The highest BCUT2D eigenvalue weighted by Gasteiger charge is 2.39. The molecule has 3 rings (SSSR count). The Hall–Kier alpha value is -1.97. The Balaban J connectivity index is 1.96.